The Kier molecular flexibility index (Phi) is 3.97. The van der Waals surface area contributed by atoms with Gasteiger partial charge in [-0.2, -0.15) is 0 Å². The van der Waals surface area contributed by atoms with Crippen LogP contribution in [0.5, 0.6) is 5.75 Å². The third kappa shape index (κ3) is 2.53. The smallest absolute Gasteiger partial charge is 0.257 e. The molecule has 1 aliphatic heterocycles. The van der Waals surface area contributed by atoms with Crippen LogP contribution in [0.4, 0.5) is 5.69 Å². The number of halogens is 1. The summed E-state index contributed by atoms with van der Waals surface area (Å²) in [5.74, 6) is 0.445. The van der Waals surface area contributed by atoms with Gasteiger partial charge in [0.25, 0.3) is 5.91 Å². The van der Waals surface area contributed by atoms with Crippen molar-refractivity contribution in [2.45, 2.75) is 19.3 Å². The Morgan fingerprint density at radius 2 is 2.00 bits per heavy atom. The van der Waals surface area contributed by atoms with E-state index in [1.54, 1.807) is 12.1 Å². The van der Waals surface area contributed by atoms with Crippen LogP contribution in [-0.4, -0.2) is 31.0 Å². The summed E-state index contributed by atoms with van der Waals surface area (Å²) in [7, 11) is 1.52. The molecule has 4 nitrogen and oxygen atoms in total. The molecule has 98 valence electrons. The standard InChI is InChI=1S/C13H17ClN2O2/c1-18-12-8-11(15)10(14)7-9(12)13(17)16-5-3-2-4-6-16/h7-8H,2-6,15H2,1H3. The van der Waals surface area contributed by atoms with Gasteiger partial charge < -0.3 is 15.4 Å². The molecule has 0 aliphatic carbocycles. The predicted octanol–water partition coefficient (Wildman–Crippen LogP) is 2.56. The Bertz CT molecular complexity index is 457. The van der Waals surface area contributed by atoms with E-state index in [0.29, 0.717) is 22.0 Å². The van der Waals surface area contributed by atoms with Gasteiger partial charge >= 0.3 is 0 Å². The third-order valence-corrected chi connectivity index (χ3v) is 3.52. The summed E-state index contributed by atoms with van der Waals surface area (Å²) < 4.78 is 5.21. The van der Waals surface area contributed by atoms with Crippen molar-refractivity contribution in [1.29, 1.82) is 0 Å². The fourth-order valence-corrected chi connectivity index (χ4v) is 2.34. The van der Waals surface area contributed by atoms with Gasteiger partial charge in [0.1, 0.15) is 5.75 Å². The number of ether oxygens (including phenoxy) is 1. The topological polar surface area (TPSA) is 55.6 Å². The van der Waals surface area contributed by atoms with Crippen LogP contribution < -0.4 is 10.5 Å². The number of hydrogen-bond donors (Lipinski definition) is 1. The van der Waals surface area contributed by atoms with Crippen molar-refractivity contribution in [2.75, 3.05) is 25.9 Å². The van der Waals surface area contributed by atoms with Gasteiger partial charge in [-0.1, -0.05) is 11.6 Å². The number of nitrogens with two attached hydrogens (primary N) is 1. The van der Waals surface area contributed by atoms with Crippen LogP contribution in [-0.2, 0) is 0 Å². The Morgan fingerprint density at radius 1 is 1.33 bits per heavy atom. The molecular weight excluding hydrogens is 252 g/mol. The minimum absolute atomic E-state index is 0.0338. The van der Waals surface area contributed by atoms with Crippen molar-refractivity contribution in [3.05, 3.63) is 22.7 Å². The van der Waals surface area contributed by atoms with Crippen molar-refractivity contribution in [1.82, 2.24) is 4.90 Å². The second kappa shape index (κ2) is 5.48. The summed E-state index contributed by atoms with van der Waals surface area (Å²) >= 11 is 5.97. The molecule has 1 fully saturated rings. The van der Waals surface area contributed by atoms with E-state index >= 15 is 0 Å². The lowest BCUT2D eigenvalue weighted by Gasteiger charge is -2.27. The molecular formula is C13H17ClN2O2. The zero-order chi connectivity index (χ0) is 13.1. The number of nitrogens with zero attached hydrogens (tertiary/aromatic N) is 1. The van der Waals surface area contributed by atoms with Crippen molar-refractivity contribution < 1.29 is 9.53 Å². The average molecular weight is 269 g/mol. The molecule has 0 atom stereocenters. The minimum atomic E-state index is -0.0338. The number of benzene rings is 1. The Balaban J connectivity index is 2.31. The van der Waals surface area contributed by atoms with Crippen LogP contribution >= 0.6 is 11.6 Å². The summed E-state index contributed by atoms with van der Waals surface area (Å²) in [6, 6.07) is 3.19. The summed E-state index contributed by atoms with van der Waals surface area (Å²) in [5, 5.41) is 0.385. The fraction of sp³-hybridized carbons (Fsp3) is 0.462. The van der Waals surface area contributed by atoms with E-state index in [0.717, 1.165) is 25.9 Å². The Morgan fingerprint density at radius 3 is 2.61 bits per heavy atom. The third-order valence-electron chi connectivity index (χ3n) is 3.19. The predicted molar refractivity (Wildman–Crippen MR) is 72.2 cm³/mol. The second-order valence-electron chi connectivity index (χ2n) is 4.43. The van der Waals surface area contributed by atoms with Gasteiger partial charge in [-0.05, 0) is 25.3 Å². The zero-order valence-electron chi connectivity index (χ0n) is 10.4. The Labute approximate surface area is 112 Å². The highest BCUT2D eigenvalue weighted by Crippen LogP contribution is 2.30. The van der Waals surface area contributed by atoms with E-state index in [-0.39, 0.29) is 5.91 Å². The molecule has 2 N–H and O–H groups in total. The van der Waals surface area contributed by atoms with Crippen molar-refractivity contribution in [3.8, 4) is 5.75 Å². The summed E-state index contributed by atoms with van der Waals surface area (Å²) in [4.78, 5) is 14.2. The second-order valence-corrected chi connectivity index (χ2v) is 4.83. The van der Waals surface area contributed by atoms with Gasteiger partial charge in [0, 0.05) is 19.2 Å². The molecule has 0 spiro atoms. The summed E-state index contributed by atoms with van der Waals surface area (Å²) in [6.07, 6.45) is 3.29. The lowest BCUT2D eigenvalue weighted by Crippen LogP contribution is -2.35. The zero-order valence-corrected chi connectivity index (χ0v) is 11.2. The normalized spacial score (nSPS) is 15.6. The van der Waals surface area contributed by atoms with Gasteiger partial charge in [0.05, 0.1) is 23.4 Å². The van der Waals surface area contributed by atoms with Crippen LogP contribution in [0.2, 0.25) is 5.02 Å². The van der Waals surface area contributed by atoms with Crippen molar-refractivity contribution >= 4 is 23.2 Å². The van der Waals surface area contributed by atoms with Gasteiger partial charge in [0.15, 0.2) is 0 Å². The lowest BCUT2D eigenvalue weighted by atomic mass is 10.1. The first-order valence-corrected chi connectivity index (χ1v) is 6.43. The molecule has 1 saturated heterocycles. The molecule has 5 heteroatoms. The highest BCUT2D eigenvalue weighted by molar-refractivity contribution is 6.33. The first-order valence-electron chi connectivity index (χ1n) is 6.05. The van der Waals surface area contributed by atoms with E-state index in [9.17, 15) is 4.79 Å². The van der Waals surface area contributed by atoms with Gasteiger partial charge in [-0.3, -0.25) is 4.79 Å². The van der Waals surface area contributed by atoms with E-state index in [1.165, 1.54) is 13.5 Å². The Hall–Kier alpha value is -1.42. The number of hydrogen-bond acceptors (Lipinski definition) is 3. The minimum Gasteiger partial charge on any atom is -0.496 e. The fourth-order valence-electron chi connectivity index (χ4n) is 2.17. The maximum Gasteiger partial charge on any atom is 0.257 e. The molecule has 1 heterocycles. The van der Waals surface area contributed by atoms with Gasteiger partial charge in [-0.15, -0.1) is 0 Å². The summed E-state index contributed by atoms with van der Waals surface area (Å²) in [5.41, 5.74) is 6.61. The van der Waals surface area contributed by atoms with Gasteiger partial charge in [0.2, 0.25) is 0 Å². The van der Waals surface area contributed by atoms with Gasteiger partial charge in [-0.25, -0.2) is 0 Å². The molecule has 2 rings (SSSR count). The molecule has 0 unspecified atom stereocenters. The van der Waals surface area contributed by atoms with Crippen LogP contribution in [0, 0.1) is 0 Å². The highest BCUT2D eigenvalue weighted by Gasteiger charge is 2.22. The highest BCUT2D eigenvalue weighted by atomic mass is 35.5. The number of nitrogen functional groups attached to an aromatic ring is 1. The maximum atomic E-state index is 12.4. The largest absolute Gasteiger partial charge is 0.496 e. The van der Waals surface area contributed by atoms with E-state index < -0.39 is 0 Å². The number of carbonyl (C=O) groups excluding carboxylic acids is 1. The number of amides is 1. The SMILES string of the molecule is COc1cc(N)c(Cl)cc1C(=O)N1CCCCC1. The van der Waals surface area contributed by atoms with Crippen LogP contribution in [0.25, 0.3) is 0 Å². The molecule has 1 aromatic carbocycles. The lowest BCUT2D eigenvalue weighted by molar-refractivity contribution is 0.0721. The first kappa shape index (κ1) is 13.0. The molecule has 1 amide bonds. The monoisotopic (exact) mass is 268 g/mol. The van der Waals surface area contributed by atoms with Crippen LogP contribution in [0.3, 0.4) is 0 Å². The molecule has 18 heavy (non-hydrogen) atoms. The van der Waals surface area contributed by atoms with E-state index in [1.807, 2.05) is 4.90 Å². The van der Waals surface area contributed by atoms with E-state index in [2.05, 4.69) is 0 Å². The number of rotatable bonds is 2. The molecule has 1 aromatic rings. The maximum absolute atomic E-state index is 12.4. The van der Waals surface area contributed by atoms with Crippen LogP contribution in [0.1, 0.15) is 29.6 Å². The van der Waals surface area contributed by atoms with Crippen molar-refractivity contribution in [3.63, 3.8) is 0 Å². The number of likely N-dealkylation sites (tertiary alicyclic amines) is 1. The number of carbonyl (C=O) groups is 1. The molecule has 0 radical (unpaired) electrons. The quantitative estimate of drug-likeness (QED) is 0.839. The number of piperidine rings is 1. The van der Waals surface area contributed by atoms with E-state index in [4.69, 9.17) is 22.1 Å². The number of anilines is 1. The summed E-state index contributed by atoms with van der Waals surface area (Å²) in [6.45, 7) is 1.59. The van der Waals surface area contributed by atoms with Crippen molar-refractivity contribution in [2.24, 2.45) is 0 Å². The molecule has 1 aliphatic rings. The molecule has 0 aromatic heterocycles. The van der Waals surface area contributed by atoms with Crippen LogP contribution in [0.15, 0.2) is 12.1 Å². The number of methoxy groups -OCH3 is 1. The molecule has 0 bridgehead atoms. The first-order chi connectivity index (χ1) is 8.63. The molecule has 0 saturated carbocycles. The average Bonchev–Trinajstić information content (AvgIpc) is 2.41.